The minimum atomic E-state index is -1.03. The summed E-state index contributed by atoms with van der Waals surface area (Å²) in [5, 5.41) is 12.1. The van der Waals surface area contributed by atoms with Crippen molar-refractivity contribution in [2.24, 2.45) is 0 Å². The van der Waals surface area contributed by atoms with Gasteiger partial charge < -0.3 is 19.5 Å². The second kappa shape index (κ2) is 10.1. The van der Waals surface area contributed by atoms with Crippen molar-refractivity contribution in [3.05, 3.63) is 77.9 Å². The van der Waals surface area contributed by atoms with E-state index in [0.717, 1.165) is 4.90 Å². The van der Waals surface area contributed by atoms with Crippen LogP contribution in [0, 0.1) is 11.3 Å². The molecule has 3 aromatic carbocycles. The fraction of sp³-hybridized carbons (Fsp3) is 0.160. The monoisotopic (exact) mass is 460 g/mol. The number of nitrogens with zero attached hydrogens (tertiary/aromatic N) is 1. The molecule has 1 aliphatic rings. The highest BCUT2D eigenvalue weighted by Crippen LogP contribution is 2.34. The van der Waals surface area contributed by atoms with Gasteiger partial charge in [0.15, 0.2) is 17.6 Å². The number of esters is 1. The van der Waals surface area contributed by atoms with Crippen LogP contribution in [-0.4, -0.2) is 31.2 Å². The Kier molecular flexibility index (Phi) is 6.81. The summed E-state index contributed by atoms with van der Waals surface area (Å²) >= 11 is 1.30. The first-order valence-corrected chi connectivity index (χ1v) is 11.0. The summed E-state index contributed by atoms with van der Waals surface area (Å²) in [6.45, 7) is 2.42. The van der Waals surface area contributed by atoms with E-state index in [4.69, 9.17) is 14.2 Å². The number of ether oxygens (including phenoxy) is 3. The normalized spacial score (nSPS) is 12.8. The average Bonchev–Trinajstić information content (AvgIpc) is 2.84. The number of anilines is 1. The van der Waals surface area contributed by atoms with Crippen LogP contribution in [0.25, 0.3) is 0 Å². The SMILES string of the molecule is CC(OC(=O)c1ccccc1Sc1ccccc1C#N)C(=O)Nc1ccc2c(c1)OCCO2. The molecule has 0 saturated heterocycles. The smallest absolute Gasteiger partial charge is 0.340 e. The maximum Gasteiger partial charge on any atom is 0.340 e. The Morgan fingerprint density at radius 2 is 1.70 bits per heavy atom. The van der Waals surface area contributed by atoms with Gasteiger partial charge in [0.1, 0.15) is 19.3 Å². The van der Waals surface area contributed by atoms with Gasteiger partial charge in [-0.05, 0) is 43.3 Å². The first-order chi connectivity index (χ1) is 16.0. The molecule has 3 aromatic rings. The Morgan fingerprint density at radius 3 is 2.48 bits per heavy atom. The van der Waals surface area contributed by atoms with Crippen LogP contribution in [0.1, 0.15) is 22.8 Å². The molecule has 0 bridgehead atoms. The largest absolute Gasteiger partial charge is 0.486 e. The van der Waals surface area contributed by atoms with Crippen molar-refractivity contribution in [1.29, 1.82) is 5.26 Å². The van der Waals surface area contributed by atoms with Gasteiger partial charge in [0.2, 0.25) is 0 Å². The first kappa shape index (κ1) is 22.2. The molecule has 0 aromatic heterocycles. The number of carbonyl (C=O) groups excluding carboxylic acids is 2. The highest BCUT2D eigenvalue weighted by atomic mass is 32.2. The molecule has 0 saturated carbocycles. The van der Waals surface area contributed by atoms with E-state index in [1.807, 2.05) is 12.1 Å². The van der Waals surface area contributed by atoms with Gasteiger partial charge in [-0.2, -0.15) is 5.26 Å². The molecule has 0 aliphatic carbocycles. The number of rotatable bonds is 6. The molecule has 1 amide bonds. The Bertz CT molecular complexity index is 1240. The van der Waals surface area contributed by atoms with Gasteiger partial charge in [-0.3, -0.25) is 4.79 Å². The minimum Gasteiger partial charge on any atom is -0.486 e. The molecular weight excluding hydrogens is 440 g/mol. The number of benzene rings is 3. The van der Waals surface area contributed by atoms with Gasteiger partial charge in [-0.1, -0.05) is 36.0 Å². The topological polar surface area (TPSA) is 97.7 Å². The quantitative estimate of drug-likeness (QED) is 0.534. The predicted molar refractivity (Wildman–Crippen MR) is 123 cm³/mol. The molecule has 166 valence electrons. The number of hydrogen-bond donors (Lipinski definition) is 1. The summed E-state index contributed by atoms with van der Waals surface area (Å²) in [4.78, 5) is 26.8. The second-order valence-electron chi connectivity index (χ2n) is 7.10. The molecule has 1 atom stereocenters. The van der Waals surface area contributed by atoms with Crippen molar-refractivity contribution in [1.82, 2.24) is 0 Å². The van der Waals surface area contributed by atoms with Gasteiger partial charge in [0.05, 0.1) is 11.1 Å². The average molecular weight is 461 g/mol. The summed E-state index contributed by atoms with van der Waals surface area (Å²) in [7, 11) is 0. The summed E-state index contributed by atoms with van der Waals surface area (Å²) in [5.74, 6) is 0.0652. The molecule has 1 heterocycles. The summed E-state index contributed by atoms with van der Waals surface area (Å²) in [6.07, 6.45) is -1.03. The number of nitriles is 1. The third-order valence-corrected chi connectivity index (χ3v) is 5.95. The van der Waals surface area contributed by atoms with Crippen molar-refractivity contribution < 1.29 is 23.8 Å². The third-order valence-electron chi connectivity index (χ3n) is 4.80. The van der Waals surface area contributed by atoms with Crippen molar-refractivity contribution in [3.63, 3.8) is 0 Å². The van der Waals surface area contributed by atoms with E-state index in [1.165, 1.54) is 18.7 Å². The summed E-state index contributed by atoms with van der Waals surface area (Å²) in [5.41, 5.74) is 1.34. The van der Waals surface area contributed by atoms with Crippen molar-refractivity contribution in [2.75, 3.05) is 18.5 Å². The number of carbonyl (C=O) groups is 2. The van der Waals surface area contributed by atoms with E-state index in [9.17, 15) is 14.9 Å². The lowest BCUT2D eigenvalue weighted by Crippen LogP contribution is -2.30. The third kappa shape index (κ3) is 5.27. The number of nitrogens with one attached hydrogen (secondary N) is 1. The van der Waals surface area contributed by atoms with E-state index >= 15 is 0 Å². The fourth-order valence-corrected chi connectivity index (χ4v) is 4.15. The lowest BCUT2D eigenvalue weighted by Gasteiger charge is -2.19. The minimum absolute atomic E-state index is 0.314. The van der Waals surface area contributed by atoms with Crippen LogP contribution in [0.4, 0.5) is 5.69 Å². The molecule has 0 spiro atoms. The van der Waals surface area contributed by atoms with Crippen LogP contribution in [-0.2, 0) is 9.53 Å². The van der Waals surface area contributed by atoms with E-state index in [-0.39, 0.29) is 0 Å². The molecular formula is C25H20N2O5S. The first-order valence-electron chi connectivity index (χ1n) is 10.2. The second-order valence-corrected chi connectivity index (χ2v) is 8.19. The zero-order valence-electron chi connectivity index (χ0n) is 17.7. The van der Waals surface area contributed by atoms with E-state index in [1.54, 1.807) is 54.6 Å². The molecule has 1 aliphatic heterocycles. The zero-order valence-corrected chi connectivity index (χ0v) is 18.6. The van der Waals surface area contributed by atoms with Gasteiger partial charge in [0, 0.05) is 21.5 Å². The lowest BCUT2D eigenvalue weighted by atomic mass is 10.2. The molecule has 0 fully saturated rings. The van der Waals surface area contributed by atoms with Crippen molar-refractivity contribution >= 4 is 29.3 Å². The zero-order chi connectivity index (χ0) is 23.2. The van der Waals surface area contributed by atoms with Crippen LogP contribution in [0.3, 0.4) is 0 Å². The molecule has 1 N–H and O–H groups in total. The van der Waals surface area contributed by atoms with Crippen LogP contribution in [0.5, 0.6) is 11.5 Å². The van der Waals surface area contributed by atoms with Crippen molar-refractivity contribution in [3.8, 4) is 17.6 Å². The molecule has 1 unspecified atom stereocenters. The lowest BCUT2D eigenvalue weighted by molar-refractivity contribution is -0.123. The van der Waals surface area contributed by atoms with Crippen LogP contribution in [0.2, 0.25) is 0 Å². The van der Waals surface area contributed by atoms with Gasteiger partial charge in [-0.15, -0.1) is 0 Å². The Morgan fingerprint density at radius 1 is 1.00 bits per heavy atom. The highest BCUT2D eigenvalue weighted by Gasteiger charge is 2.22. The number of fused-ring (bicyclic) bond motifs is 1. The molecule has 7 nitrogen and oxygen atoms in total. The summed E-state index contributed by atoms with van der Waals surface area (Å²) < 4.78 is 16.4. The van der Waals surface area contributed by atoms with Crippen LogP contribution >= 0.6 is 11.8 Å². The highest BCUT2D eigenvalue weighted by molar-refractivity contribution is 7.99. The number of hydrogen-bond acceptors (Lipinski definition) is 7. The Balaban J connectivity index is 1.44. The predicted octanol–water partition coefficient (Wildman–Crippen LogP) is 4.66. The van der Waals surface area contributed by atoms with E-state index in [0.29, 0.717) is 46.4 Å². The van der Waals surface area contributed by atoms with E-state index < -0.39 is 18.0 Å². The van der Waals surface area contributed by atoms with E-state index in [2.05, 4.69) is 11.4 Å². The van der Waals surface area contributed by atoms with Crippen LogP contribution < -0.4 is 14.8 Å². The molecule has 33 heavy (non-hydrogen) atoms. The number of amides is 1. The standard InChI is InChI=1S/C25H20N2O5S/c1-16(24(28)27-18-10-11-20-21(14-18)31-13-12-30-20)32-25(29)19-7-3-5-9-23(19)33-22-8-4-2-6-17(22)15-26/h2-11,14,16H,12-13H2,1H3,(H,27,28). The van der Waals surface area contributed by atoms with Gasteiger partial charge in [0.25, 0.3) is 5.91 Å². The Hall–Kier alpha value is -3.96. The molecule has 4 rings (SSSR count). The fourth-order valence-electron chi connectivity index (χ4n) is 3.13. The maximum absolute atomic E-state index is 12.9. The van der Waals surface area contributed by atoms with Gasteiger partial charge >= 0.3 is 5.97 Å². The summed E-state index contributed by atoms with van der Waals surface area (Å²) in [6, 6.07) is 21.3. The Labute approximate surface area is 195 Å². The van der Waals surface area contributed by atoms with Gasteiger partial charge in [-0.25, -0.2) is 4.79 Å². The van der Waals surface area contributed by atoms with Crippen molar-refractivity contribution in [2.45, 2.75) is 22.8 Å². The van der Waals surface area contributed by atoms with Crippen LogP contribution in [0.15, 0.2) is 76.5 Å². The molecule has 8 heteroatoms. The molecule has 0 radical (unpaired) electrons. The maximum atomic E-state index is 12.9.